The van der Waals surface area contributed by atoms with Crippen LogP contribution in [0, 0.1) is 0 Å². The number of carbonyl (C=O) groups is 1. The monoisotopic (exact) mass is 461 g/mol. The van der Waals surface area contributed by atoms with Crippen molar-refractivity contribution < 1.29 is 18.8 Å². The Balaban J connectivity index is 1.15. The SMILES string of the molecule is COc1ccc(-c2noc(CCC(=O)N3CCC(c4nc5ccccc5[nH]4)CC3)n2)cc1OC. The summed E-state index contributed by atoms with van der Waals surface area (Å²) >= 11 is 0. The van der Waals surface area contributed by atoms with Gasteiger partial charge in [0.2, 0.25) is 17.6 Å². The number of nitrogens with zero attached hydrogens (tertiary/aromatic N) is 4. The lowest BCUT2D eigenvalue weighted by molar-refractivity contribution is -0.132. The van der Waals surface area contributed by atoms with Crippen molar-refractivity contribution in [3.05, 3.63) is 54.2 Å². The van der Waals surface area contributed by atoms with E-state index in [-0.39, 0.29) is 5.91 Å². The van der Waals surface area contributed by atoms with E-state index in [0.717, 1.165) is 48.4 Å². The summed E-state index contributed by atoms with van der Waals surface area (Å²) < 4.78 is 16.0. The lowest BCUT2D eigenvalue weighted by atomic mass is 9.96. The van der Waals surface area contributed by atoms with Crippen LogP contribution in [-0.2, 0) is 11.2 Å². The molecule has 0 atom stereocenters. The van der Waals surface area contributed by atoms with Crippen LogP contribution in [0.4, 0.5) is 0 Å². The van der Waals surface area contributed by atoms with E-state index in [1.54, 1.807) is 26.4 Å². The van der Waals surface area contributed by atoms with Gasteiger partial charge < -0.3 is 23.9 Å². The first kappa shape index (κ1) is 21.9. The van der Waals surface area contributed by atoms with E-state index < -0.39 is 0 Å². The van der Waals surface area contributed by atoms with Gasteiger partial charge in [-0.05, 0) is 43.2 Å². The average molecular weight is 462 g/mol. The quantitative estimate of drug-likeness (QED) is 0.444. The zero-order valence-corrected chi connectivity index (χ0v) is 19.3. The van der Waals surface area contributed by atoms with E-state index in [1.165, 1.54) is 0 Å². The molecule has 0 unspecified atom stereocenters. The Labute approximate surface area is 197 Å². The summed E-state index contributed by atoms with van der Waals surface area (Å²) in [6.07, 6.45) is 2.54. The van der Waals surface area contributed by atoms with Gasteiger partial charge in [0.05, 0.1) is 25.3 Å². The fourth-order valence-electron chi connectivity index (χ4n) is 4.39. The molecular formula is C25H27N5O4. The van der Waals surface area contributed by atoms with Crippen molar-refractivity contribution in [1.82, 2.24) is 25.0 Å². The number of H-pyrrole nitrogens is 1. The number of hydrogen-bond acceptors (Lipinski definition) is 7. The lowest BCUT2D eigenvalue weighted by Gasteiger charge is -2.31. The number of fused-ring (bicyclic) bond motifs is 1. The molecule has 1 fully saturated rings. The number of benzene rings is 2. The summed E-state index contributed by atoms with van der Waals surface area (Å²) in [5.74, 6) is 3.58. The Kier molecular flexibility index (Phi) is 6.16. The number of piperidine rings is 1. The van der Waals surface area contributed by atoms with Crippen LogP contribution in [0.3, 0.4) is 0 Å². The highest BCUT2D eigenvalue weighted by Gasteiger charge is 2.26. The predicted octanol–water partition coefficient (Wildman–Crippen LogP) is 3.97. The van der Waals surface area contributed by atoms with E-state index in [2.05, 4.69) is 15.1 Å². The molecule has 1 saturated heterocycles. The van der Waals surface area contributed by atoms with Gasteiger partial charge in [-0.2, -0.15) is 4.98 Å². The van der Waals surface area contributed by atoms with Crippen LogP contribution >= 0.6 is 0 Å². The van der Waals surface area contributed by atoms with E-state index in [1.807, 2.05) is 35.2 Å². The maximum Gasteiger partial charge on any atom is 0.227 e. The van der Waals surface area contributed by atoms with Gasteiger partial charge in [-0.3, -0.25) is 4.79 Å². The third kappa shape index (κ3) is 4.46. The first-order valence-electron chi connectivity index (χ1n) is 11.4. The number of amides is 1. The minimum absolute atomic E-state index is 0.105. The Morgan fingerprint density at radius 2 is 1.88 bits per heavy atom. The topological polar surface area (TPSA) is 106 Å². The van der Waals surface area contributed by atoms with Crippen LogP contribution in [0.5, 0.6) is 11.5 Å². The van der Waals surface area contributed by atoms with Crippen LogP contribution in [0.1, 0.15) is 36.9 Å². The Bertz CT molecular complexity index is 1260. The molecule has 1 aliphatic rings. The summed E-state index contributed by atoms with van der Waals surface area (Å²) in [6, 6.07) is 13.5. The standard InChI is InChI=1S/C25H27N5O4/c1-32-20-8-7-17(15-21(20)33-2)25-28-22(34-29-25)9-10-23(31)30-13-11-16(12-14-30)24-26-18-5-3-4-6-19(18)27-24/h3-8,15-16H,9-14H2,1-2H3,(H,26,27). The molecule has 9 nitrogen and oxygen atoms in total. The van der Waals surface area contributed by atoms with Crippen molar-refractivity contribution in [2.24, 2.45) is 0 Å². The summed E-state index contributed by atoms with van der Waals surface area (Å²) in [4.78, 5) is 27.3. The summed E-state index contributed by atoms with van der Waals surface area (Å²) in [7, 11) is 3.16. The molecule has 2 aromatic heterocycles. The van der Waals surface area contributed by atoms with Crippen molar-refractivity contribution in [2.45, 2.75) is 31.6 Å². The number of rotatable bonds is 7. The van der Waals surface area contributed by atoms with Gasteiger partial charge in [0.15, 0.2) is 11.5 Å². The number of aromatic amines is 1. The van der Waals surface area contributed by atoms with E-state index in [4.69, 9.17) is 19.0 Å². The zero-order chi connectivity index (χ0) is 23.5. The van der Waals surface area contributed by atoms with E-state index in [9.17, 15) is 4.79 Å². The molecule has 3 heterocycles. The molecule has 5 rings (SSSR count). The van der Waals surface area contributed by atoms with Gasteiger partial charge >= 0.3 is 0 Å². The molecule has 0 spiro atoms. The van der Waals surface area contributed by atoms with Crippen molar-refractivity contribution in [2.75, 3.05) is 27.3 Å². The summed E-state index contributed by atoms with van der Waals surface area (Å²) in [5, 5.41) is 4.05. The van der Waals surface area contributed by atoms with Gasteiger partial charge in [-0.15, -0.1) is 0 Å². The van der Waals surface area contributed by atoms with E-state index in [0.29, 0.717) is 42.0 Å². The number of ether oxygens (including phenoxy) is 2. The number of nitrogens with one attached hydrogen (secondary N) is 1. The molecule has 0 aliphatic carbocycles. The van der Waals surface area contributed by atoms with Crippen molar-refractivity contribution in [3.63, 3.8) is 0 Å². The minimum Gasteiger partial charge on any atom is -0.493 e. The molecular weight excluding hydrogens is 434 g/mol. The molecule has 4 aromatic rings. The Hall–Kier alpha value is -3.88. The number of aromatic nitrogens is 4. The molecule has 9 heteroatoms. The molecule has 0 saturated carbocycles. The normalized spacial score (nSPS) is 14.5. The maximum absolute atomic E-state index is 12.8. The highest BCUT2D eigenvalue weighted by molar-refractivity contribution is 5.77. The van der Waals surface area contributed by atoms with Crippen molar-refractivity contribution >= 4 is 16.9 Å². The molecule has 0 radical (unpaired) electrons. The molecule has 1 amide bonds. The predicted molar refractivity (Wildman–Crippen MR) is 126 cm³/mol. The van der Waals surface area contributed by atoms with Gasteiger partial charge in [0, 0.05) is 37.4 Å². The lowest BCUT2D eigenvalue weighted by Crippen LogP contribution is -2.38. The number of methoxy groups -OCH3 is 2. The van der Waals surface area contributed by atoms with Gasteiger partial charge in [0.1, 0.15) is 5.82 Å². The second-order valence-corrected chi connectivity index (χ2v) is 8.38. The number of likely N-dealkylation sites (tertiary alicyclic amines) is 1. The summed E-state index contributed by atoms with van der Waals surface area (Å²) in [5.41, 5.74) is 2.80. The minimum atomic E-state index is 0.105. The van der Waals surface area contributed by atoms with E-state index >= 15 is 0 Å². The molecule has 2 aromatic carbocycles. The smallest absolute Gasteiger partial charge is 0.227 e. The van der Waals surface area contributed by atoms with Gasteiger partial charge in [-0.1, -0.05) is 17.3 Å². The highest BCUT2D eigenvalue weighted by Crippen LogP contribution is 2.31. The molecule has 176 valence electrons. The largest absolute Gasteiger partial charge is 0.493 e. The fraction of sp³-hybridized carbons (Fsp3) is 0.360. The summed E-state index contributed by atoms with van der Waals surface area (Å²) in [6.45, 7) is 1.45. The third-order valence-electron chi connectivity index (χ3n) is 6.30. The maximum atomic E-state index is 12.8. The van der Waals surface area contributed by atoms with Gasteiger partial charge in [-0.25, -0.2) is 4.98 Å². The van der Waals surface area contributed by atoms with Crippen molar-refractivity contribution in [3.8, 4) is 22.9 Å². The second-order valence-electron chi connectivity index (χ2n) is 8.38. The number of imidazole rings is 1. The molecule has 1 N–H and O–H groups in total. The zero-order valence-electron chi connectivity index (χ0n) is 19.3. The first-order chi connectivity index (χ1) is 16.6. The average Bonchev–Trinajstić information content (AvgIpc) is 3.54. The number of aryl methyl sites for hydroxylation is 1. The fourth-order valence-corrected chi connectivity index (χ4v) is 4.39. The molecule has 34 heavy (non-hydrogen) atoms. The Morgan fingerprint density at radius 3 is 2.65 bits per heavy atom. The second kappa shape index (κ2) is 9.54. The first-order valence-corrected chi connectivity index (χ1v) is 11.4. The van der Waals surface area contributed by atoms with Crippen LogP contribution in [0.15, 0.2) is 47.0 Å². The van der Waals surface area contributed by atoms with Gasteiger partial charge in [0.25, 0.3) is 0 Å². The van der Waals surface area contributed by atoms with Crippen molar-refractivity contribution in [1.29, 1.82) is 0 Å². The Morgan fingerprint density at radius 1 is 1.09 bits per heavy atom. The number of para-hydroxylation sites is 2. The van der Waals surface area contributed by atoms with Crippen LogP contribution in [0.25, 0.3) is 22.4 Å². The number of hydrogen-bond donors (Lipinski definition) is 1. The molecule has 1 aliphatic heterocycles. The number of carbonyl (C=O) groups excluding carboxylic acids is 1. The van der Waals surface area contributed by atoms with Crippen LogP contribution < -0.4 is 9.47 Å². The highest BCUT2D eigenvalue weighted by atomic mass is 16.5. The molecule has 0 bridgehead atoms. The van der Waals surface area contributed by atoms with Crippen LogP contribution in [-0.4, -0.2) is 58.2 Å². The van der Waals surface area contributed by atoms with Crippen LogP contribution in [0.2, 0.25) is 0 Å². The third-order valence-corrected chi connectivity index (χ3v) is 6.30.